The lowest BCUT2D eigenvalue weighted by atomic mass is 9.94. The number of aryl methyl sites for hydroxylation is 1. The van der Waals surface area contributed by atoms with E-state index in [0.717, 1.165) is 37.1 Å². The van der Waals surface area contributed by atoms with Crippen LogP contribution < -0.4 is 0 Å². The van der Waals surface area contributed by atoms with E-state index in [-0.39, 0.29) is 5.91 Å². The van der Waals surface area contributed by atoms with Gasteiger partial charge in [-0.15, -0.1) is 0 Å². The van der Waals surface area contributed by atoms with E-state index in [1.165, 1.54) is 5.56 Å². The van der Waals surface area contributed by atoms with Gasteiger partial charge in [-0.1, -0.05) is 30.3 Å². The summed E-state index contributed by atoms with van der Waals surface area (Å²) in [6.07, 6.45) is 4.93. The van der Waals surface area contributed by atoms with E-state index in [1.807, 2.05) is 6.92 Å². The van der Waals surface area contributed by atoms with Crippen LogP contribution in [0.15, 0.2) is 47.1 Å². The zero-order valence-electron chi connectivity index (χ0n) is 14.3. The molecule has 0 radical (unpaired) electrons. The number of carbonyl (C=O) groups excluding carboxylic acids is 1. The van der Waals surface area contributed by atoms with Crippen molar-refractivity contribution >= 4 is 5.91 Å². The van der Waals surface area contributed by atoms with Gasteiger partial charge in [0.05, 0.1) is 11.8 Å². The second-order valence-electron chi connectivity index (χ2n) is 7.11. The van der Waals surface area contributed by atoms with Crippen LogP contribution in [0.25, 0.3) is 0 Å². The topological polar surface area (TPSA) is 36.7 Å². The molecule has 0 saturated carbocycles. The van der Waals surface area contributed by atoms with Crippen LogP contribution in [0.1, 0.15) is 40.9 Å². The Bertz CT molecular complexity index is 724. The second kappa shape index (κ2) is 6.10. The molecule has 2 bridgehead atoms. The summed E-state index contributed by atoms with van der Waals surface area (Å²) in [5.74, 6) is 0.866. The molecule has 4 rings (SSSR count). The van der Waals surface area contributed by atoms with E-state index in [1.54, 1.807) is 12.3 Å². The minimum atomic E-state index is 0.143. The Morgan fingerprint density at radius 3 is 2.75 bits per heavy atom. The van der Waals surface area contributed by atoms with Gasteiger partial charge < -0.3 is 9.32 Å². The number of carbonyl (C=O) groups is 1. The number of nitrogens with zero attached hydrogens (tertiary/aromatic N) is 2. The minimum absolute atomic E-state index is 0.143. The summed E-state index contributed by atoms with van der Waals surface area (Å²) in [7, 11) is 2.18. The van der Waals surface area contributed by atoms with Crippen molar-refractivity contribution in [3.05, 3.63) is 59.5 Å². The van der Waals surface area contributed by atoms with Crippen LogP contribution in [0.2, 0.25) is 0 Å². The summed E-state index contributed by atoms with van der Waals surface area (Å²) < 4.78 is 5.33. The third-order valence-electron chi connectivity index (χ3n) is 5.67. The summed E-state index contributed by atoms with van der Waals surface area (Å²) in [5, 5.41) is 0. The van der Waals surface area contributed by atoms with Crippen molar-refractivity contribution in [2.45, 2.75) is 50.9 Å². The summed E-state index contributed by atoms with van der Waals surface area (Å²) in [5.41, 5.74) is 2.05. The van der Waals surface area contributed by atoms with E-state index in [4.69, 9.17) is 4.42 Å². The van der Waals surface area contributed by atoms with Gasteiger partial charge >= 0.3 is 0 Å². The molecule has 1 amide bonds. The lowest BCUT2D eigenvalue weighted by molar-refractivity contribution is 0.0701. The summed E-state index contributed by atoms with van der Waals surface area (Å²) >= 11 is 0. The Morgan fingerprint density at radius 1 is 1.25 bits per heavy atom. The number of benzene rings is 1. The molecule has 2 aromatic rings. The fraction of sp³-hybridized carbons (Fsp3) is 0.450. The van der Waals surface area contributed by atoms with Crippen molar-refractivity contribution in [1.29, 1.82) is 0 Å². The Labute approximate surface area is 143 Å². The first kappa shape index (κ1) is 15.5. The molecule has 3 atom stereocenters. The molecule has 4 heteroatoms. The van der Waals surface area contributed by atoms with Gasteiger partial charge in [-0.2, -0.15) is 0 Å². The first-order chi connectivity index (χ1) is 11.6. The number of rotatable bonds is 4. The van der Waals surface area contributed by atoms with E-state index in [2.05, 4.69) is 47.2 Å². The van der Waals surface area contributed by atoms with Gasteiger partial charge in [-0.05, 0) is 44.9 Å². The van der Waals surface area contributed by atoms with Crippen molar-refractivity contribution in [1.82, 2.24) is 9.80 Å². The van der Waals surface area contributed by atoms with E-state index in [0.29, 0.717) is 18.1 Å². The van der Waals surface area contributed by atoms with Crippen LogP contribution in [0.3, 0.4) is 0 Å². The van der Waals surface area contributed by atoms with Gasteiger partial charge in [-0.3, -0.25) is 9.69 Å². The average molecular weight is 324 g/mol. The third kappa shape index (κ3) is 2.55. The SMILES string of the molecule is Cc1occc1C(=O)N1C2CCC1[C@H](N(C)Cc1ccccc1)C2. The molecule has 24 heavy (non-hydrogen) atoms. The number of likely N-dealkylation sites (N-methyl/N-ethyl adjacent to an activating group) is 1. The fourth-order valence-electron chi connectivity index (χ4n) is 4.48. The zero-order chi connectivity index (χ0) is 16.7. The van der Waals surface area contributed by atoms with Crippen molar-refractivity contribution < 1.29 is 9.21 Å². The molecule has 3 heterocycles. The van der Waals surface area contributed by atoms with Gasteiger partial charge in [0.1, 0.15) is 5.76 Å². The van der Waals surface area contributed by atoms with Crippen LogP contribution in [-0.2, 0) is 6.54 Å². The van der Waals surface area contributed by atoms with Crippen LogP contribution >= 0.6 is 0 Å². The van der Waals surface area contributed by atoms with Crippen LogP contribution in [-0.4, -0.2) is 40.9 Å². The molecular formula is C20H24N2O2. The summed E-state index contributed by atoms with van der Waals surface area (Å²) in [6, 6.07) is 13.5. The lowest BCUT2D eigenvalue weighted by Crippen LogP contribution is -2.43. The normalized spacial score (nSPS) is 25.6. The van der Waals surface area contributed by atoms with E-state index >= 15 is 0 Å². The van der Waals surface area contributed by atoms with Crippen LogP contribution in [0.4, 0.5) is 0 Å². The maximum atomic E-state index is 13.0. The van der Waals surface area contributed by atoms with Gasteiger partial charge in [0, 0.05) is 24.7 Å². The highest BCUT2D eigenvalue weighted by Crippen LogP contribution is 2.41. The molecule has 126 valence electrons. The van der Waals surface area contributed by atoms with Gasteiger partial charge in [0.25, 0.3) is 5.91 Å². The van der Waals surface area contributed by atoms with E-state index in [9.17, 15) is 4.79 Å². The molecule has 0 N–H and O–H groups in total. The predicted molar refractivity (Wildman–Crippen MR) is 92.7 cm³/mol. The molecule has 1 aromatic heterocycles. The first-order valence-corrected chi connectivity index (χ1v) is 8.76. The van der Waals surface area contributed by atoms with Gasteiger partial charge in [0.2, 0.25) is 0 Å². The largest absolute Gasteiger partial charge is 0.469 e. The fourth-order valence-corrected chi connectivity index (χ4v) is 4.48. The number of hydrogen-bond acceptors (Lipinski definition) is 3. The molecule has 4 nitrogen and oxygen atoms in total. The molecule has 2 fully saturated rings. The van der Waals surface area contributed by atoms with E-state index < -0.39 is 0 Å². The van der Waals surface area contributed by atoms with Gasteiger partial charge in [-0.25, -0.2) is 0 Å². The Balaban J connectivity index is 1.50. The molecule has 0 aliphatic carbocycles. The number of fused-ring (bicyclic) bond motifs is 2. The predicted octanol–water partition coefficient (Wildman–Crippen LogP) is 3.47. The molecule has 2 aliphatic rings. The minimum Gasteiger partial charge on any atom is -0.469 e. The Kier molecular flexibility index (Phi) is 3.93. The number of hydrogen-bond donors (Lipinski definition) is 0. The lowest BCUT2D eigenvalue weighted by Gasteiger charge is -2.31. The Hall–Kier alpha value is -2.07. The molecule has 0 spiro atoms. The van der Waals surface area contributed by atoms with Crippen molar-refractivity contribution in [2.75, 3.05) is 7.05 Å². The summed E-state index contributed by atoms with van der Waals surface area (Å²) in [6.45, 7) is 2.80. The van der Waals surface area contributed by atoms with Crippen molar-refractivity contribution in [2.24, 2.45) is 0 Å². The Morgan fingerprint density at radius 2 is 2.04 bits per heavy atom. The van der Waals surface area contributed by atoms with Crippen LogP contribution in [0.5, 0.6) is 0 Å². The zero-order valence-corrected chi connectivity index (χ0v) is 14.3. The number of amides is 1. The highest BCUT2D eigenvalue weighted by Gasteiger charge is 2.50. The van der Waals surface area contributed by atoms with Crippen molar-refractivity contribution in [3.8, 4) is 0 Å². The van der Waals surface area contributed by atoms with Crippen LogP contribution in [0, 0.1) is 6.92 Å². The molecule has 1 aromatic carbocycles. The standard InChI is InChI=1S/C20H24N2O2/c1-14-17(10-11-24-14)20(23)22-16-8-9-18(22)19(12-16)21(2)13-15-6-4-3-5-7-15/h3-7,10-11,16,18-19H,8-9,12-13H2,1-2H3/t16?,18?,19-/m1/s1. The maximum Gasteiger partial charge on any atom is 0.257 e. The first-order valence-electron chi connectivity index (χ1n) is 8.76. The number of furan rings is 1. The summed E-state index contributed by atoms with van der Waals surface area (Å²) in [4.78, 5) is 17.5. The average Bonchev–Trinajstić information content (AvgIpc) is 3.29. The molecule has 2 saturated heterocycles. The molecule has 2 unspecified atom stereocenters. The third-order valence-corrected chi connectivity index (χ3v) is 5.67. The van der Waals surface area contributed by atoms with Crippen molar-refractivity contribution in [3.63, 3.8) is 0 Å². The molecule has 2 aliphatic heterocycles. The van der Waals surface area contributed by atoms with Gasteiger partial charge in [0.15, 0.2) is 0 Å². The smallest absolute Gasteiger partial charge is 0.257 e. The highest BCUT2D eigenvalue weighted by atomic mass is 16.3. The maximum absolute atomic E-state index is 13.0. The second-order valence-corrected chi connectivity index (χ2v) is 7.11. The molecular weight excluding hydrogens is 300 g/mol. The monoisotopic (exact) mass is 324 g/mol. The quantitative estimate of drug-likeness (QED) is 0.864. The highest BCUT2D eigenvalue weighted by molar-refractivity contribution is 5.96.